The molecule has 3 aromatic carbocycles. The number of amides is 1. The average molecular weight is 508 g/mol. The Morgan fingerprint density at radius 2 is 1.73 bits per heavy atom. The number of fused-ring (bicyclic) bond motifs is 1. The Hall–Kier alpha value is -3.87. The number of carbonyl (C=O) groups excluding carboxylic acids is 1. The van der Waals surface area contributed by atoms with Gasteiger partial charge >= 0.3 is 6.61 Å². The molecule has 0 fully saturated rings. The summed E-state index contributed by atoms with van der Waals surface area (Å²) in [5, 5.41) is 2.83. The van der Waals surface area contributed by atoms with Gasteiger partial charge in [0.25, 0.3) is 5.91 Å². The monoisotopic (exact) mass is 507 g/mol. The van der Waals surface area contributed by atoms with Crippen molar-refractivity contribution in [2.75, 3.05) is 13.7 Å². The summed E-state index contributed by atoms with van der Waals surface area (Å²) in [5.41, 5.74) is 5.04. The predicted octanol–water partition coefficient (Wildman–Crippen LogP) is 6.09. The first-order valence-corrected chi connectivity index (χ1v) is 12.4. The van der Waals surface area contributed by atoms with Crippen LogP contribution < -0.4 is 14.8 Å². The zero-order valence-corrected chi connectivity index (χ0v) is 20.8. The van der Waals surface area contributed by atoms with Crippen LogP contribution in [0.4, 0.5) is 8.78 Å². The fourth-order valence-corrected chi connectivity index (χ4v) is 4.41. The van der Waals surface area contributed by atoms with Crippen LogP contribution in [0.2, 0.25) is 0 Å². The highest BCUT2D eigenvalue weighted by Crippen LogP contribution is 2.29. The van der Waals surface area contributed by atoms with Crippen LogP contribution in [0.3, 0.4) is 0 Å². The molecule has 1 aliphatic carbocycles. The molecule has 0 atom stereocenters. The van der Waals surface area contributed by atoms with E-state index in [0.29, 0.717) is 36.6 Å². The number of hydrogen-bond donors (Lipinski definition) is 1. The Kier molecular flexibility index (Phi) is 9.13. The highest BCUT2D eigenvalue weighted by molar-refractivity contribution is 6.19. The first-order valence-electron chi connectivity index (χ1n) is 12.4. The van der Waals surface area contributed by atoms with E-state index in [0.717, 1.165) is 48.6 Å². The summed E-state index contributed by atoms with van der Waals surface area (Å²) in [6.07, 6.45) is 5.50. The van der Waals surface area contributed by atoms with Crippen molar-refractivity contribution in [2.45, 2.75) is 45.3 Å². The van der Waals surface area contributed by atoms with Crippen LogP contribution in [-0.4, -0.2) is 26.2 Å². The number of benzene rings is 3. The van der Waals surface area contributed by atoms with Gasteiger partial charge in [-0.05, 0) is 72.1 Å². The number of alkyl halides is 2. The van der Waals surface area contributed by atoms with Crippen molar-refractivity contribution in [3.05, 3.63) is 101 Å². The molecule has 0 radical (unpaired) electrons. The molecule has 4 rings (SSSR count). The number of ether oxygens (including phenoxy) is 3. The molecule has 3 aromatic rings. The predicted molar refractivity (Wildman–Crippen MR) is 139 cm³/mol. The number of rotatable bonds is 11. The average Bonchev–Trinajstić information content (AvgIpc) is 2.92. The summed E-state index contributed by atoms with van der Waals surface area (Å²) in [5.74, 6) is 0.756. The molecule has 0 spiro atoms. The van der Waals surface area contributed by atoms with Gasteiger partial charge < -0.3 is 19.5 Å². The zero-order valence-electron chi connectivity index (χ0n) is 20.8. The lowest BCUT2D eigenvalue weighted by atomic mass is 9.89. The maximum atomic E-state index is 13.0. The van der Waals surface area contributed by atoms with Crippen LogP contribution >= 0.6 is 0 Å². The third kappa shape index (κ3) is 7.32. The van der Waals surface area contributed by atoms with E-state index in [-0.39, 0.29) is 5.57 Å². The van der Waals surface area contributed by atoms with Gasteiger partial charge in [0.2, 0.25) is 0 Å². The number of hydrogen-bond acceptors (Lipinski definition) is 4. The summed E-state index contributed by atoms with van der Waals surface area (Å²) in [6, 6.07) is 21.1. The number of nitrogens with one attached hydrogen (secondary N) is 1. The van der Waals surface area contributed by atoms with Crippen LogP contribution in [0.5, 0.6) is 11.5 Å². The first-order chi connectivity index (χ1) is 18.0. The van der Waals surface area contributed by atoms with Gasteiger partial charge in [0.15, 0.2) is 11.5 Å². The summed E-state index contributed by atoms with van der Waals surface area (Å²) in [6.45, 7) is -2.27. The van der Waals surface area contributed by atoms with Gasteiger partial charge in [-0.1, -0.05) is 54.6 Å². The number of methoxy groups -OCH3 is 1. The Balaban J connectivity index is 1.38. The molecule has 0 unspecified atom stereocenters. The van der Waals surface area contributed by atoms with Crippen molar-refractivity contribution in [1.82, 2.24) is 5.32 Å². The van der Waals surface area contributed by atoms with Gasteiger partial charge in [-0.25, -0.2) is 0 Å². The van der Waals surface area contributed by atoms with Crippen LogP contribution in [0.1, 0.15) is 40.7 Å². The quantitative estimate of drug-likeness (QED) is 0.252. The second-order valence-corrected chi connectivity index (χ2v) is 8.88. The van der Waals surface area contributed by atoms with Crippen molar-refractivity contribution in [1.29, 1.82) is 0 Å². The molecule has 7 heteroatoms. The summed E-state index contributed by atoms with van der Waals surface area (Å²) >= 11 is 0. The molecular weight excluding hydrogens is 476 g/mol. The van der Waals surface area contributed by atoms with E-state index in [1.807, 2.05) is 60.7 Å². The highest BCUT2D eigenvalue weighted by atomic mass is 19.3. The second-order valence-electron chi connectivity index (χ2n) is 8.88. The second kappa shape index (κ2) is 12.9. The summed E-state index contributed by atoms with van der Waals surface area (Å²) < 4.78 is 41.3. The van der Waals surface area contributed by atoms with Crippen molar-refractivity contribution in [2.24, 2.45) is 0 Å². The molecule has 0 aliphatic heterocycles. The summed E-state index contributed by atoms with van der Waals surface area (Å²) in [7, 11) is 1.58. The summed E-state index contributed by atoms with van der Waals surface area (Å²) in [4.78, 5) is 13.0. The minimum Gasteiger partial charge on any atom is -0.493 e. The van der Waals surface area contributed by atoms with E-state index in [4.69, 9.17) is 9.47 Å². The van der Waals surface area contributed by atoms with Crippen molar-refractivity contribution in [3.63, 3.8) is 0 Å². The zero-order chi connectivity index (χ0) is 26.0. The molecule has 0 bridgehead atoms. The van der Waals surface area contributed by atoms with Crippen molar-refractivity contribution >= 4 is 11.5 Å². The SMILES string of the molecule is COc1cc(CCNC(=O)/C(=C\OC(F)F)c2ccc3c(c2)CCCC3)ccc1OCc1ccccc1. The lowest BCUT2D eigenvalue weighted by Gasteiger charge is -2.17. The third-order valence-electron chi connectivity index (χ3n) is 6.36. The molecule has 0 heterocycles. The smallest absolute Gasteiger partial charge is 0.386 e. The Morgan fingerprint density at radius 1 is 0.946 bits per heavy atom. The van der Waals surface area contributed by atoms with Gasteiger partial charge in [-0.15, -0.1) is 0 Å². The Labute approximate surface area is 216 Å². The van der Waals surface area contributed by atoms with Gasteiger partial charge in [0.05, 0.1) is 12.7 Å². The number of aryl methyl sites for hydroxylation is 2. The van der Waals surface area contributed by atoms with Crippen LogP contribution in [0, 0.1) is 0 Å². The standard InChI is InChI=1S/C30H31F2NO4/c1-35-28-17-21(11-14-27(28)36-19-22-7-3-2-4-8-22)15-16-33-29(34)26(20-37-30(31)32)25-13-12-23-9-5-6-10-24(23)18-25/h2-4,7-8,11-14,17-18,20,30H,5-6,9-10,15-16,19H2,1H3,(H,33,34)/b26-20-. The van der Waals surface area contributed by atoms with Crippen LogP contribution in [-0.2, 0) is 35.4 Å². The first kappa shape index (κ1) is 26.2. The largest absolute Gasteiger partial charge is 0.493 e. The number of halogens is 2. The molecule has 1 aliphatic rings. The lowest BCUT2D eigenvalue weighted by Crippen LogP contribution is -2.27. The fourth-order valence-electron chi connectivity index (χ4n) is 4.41. The maximum Gasteiger partial charge on any atom is 0.386 e. The van der Waals surface area contributed by atoms with Crippen LogP contribution in [0.15, 0.2) is 73.0 Å². The molecule has 0 saturated carbocycles. The molecule has 194 valence electrons. The molecule has 1 amide bonds. The molecule has 0 saturated heterocycles. The van der Waals surface area contributed by atoms with Crippen molar-refractivity contribution < 1.29 is 27.8 Å². The van der Waals surface area contributed by atoms with Crippen LogP contribution in [0.25, 0.3) is 5.57 Å². The van der Waals surface area contributed by atoms with Gasteiger partial charge in [0, 0.05) is 6.54 Å². The van der Waals surface area contributed by atoms with Crippen molar-refractivity contribution in [3.8, 4) is 11.5 Å². The van der Waals surface area contributed by atoms with E-state index in [9.17, 15) is 13.6 Å². The topological polar surface area (TPSA) is 56.8 Å². The Bertz CT molecular complexity index is 1230. The maximum absolute atomic E-state index is 13.0. The molecule has 5 nitrogen and oxygen atoms in total. The molecule has 1 N–H and O–H groups in total. The molecule has 37 heavy (non-hydrogen) atoms. The number of carbonyl (C=O) groups is 1. The van der Waals surface area contributed by atoms with E-state index >= 15 is 0 Å². The Morgan fingerprint density at radius 3 is 2.49 bits per heavy atom. The van der Waals surface area contributed by atoms with Gasteiger partial charge in [0.1, 0.15) is 12.9 Å². The van der Waals surface area contributed by atoms with E-state index in [1.165, 1.54) is 5.56 Å². The molecular formula is C30H31F2NO4. The normalized spacial score (nSPS) is 13.1. The third-order valence-corrected chi connectivity index (χ3v) is 6.36. The van der Waals surface area contributed by atoms with Gasteiger partial charge in [-0.3, -0.25) is 4.79 Å². The van der Waals surface area contributed by atoms with Gasteiger partial charge in [-0.2, -0.15) is 8.78 Å². The fraction of sp³-hybridized carbons (Fsp3) is 0.300. The minimum absolute atomic E-state index is 0.0795. The molecule has 0 aromatic heterocycles. The lowest BCUT2D eigenvalue weighted by molar-refractivity contribution is -0.116. The highest BCUT2D eigenvalue weighted by Gasteiger charge is 2.17. The van der Waals surface area contributed by atoms with E-state index < -0.39 is 12.5 Å². The van der Waals surface area contributed by atoms with E-state index in [2.05, 4.69) is 10.1 Å². The minimum atomic E-state index is -3.00. The van der Waals surface area contributed by atoms with E-state index in [1.54, 1.807) is 13.2 Å².